The molecule has 0 bridgehead atoms. The Labute approximate surface area is 177 Å². The average molecular weight is 436 g/mol. The number of ether oxygens (including phenoxy) is 1. The first kappa shape index (κ1) is 21.2. The van der Waals surface area contributed by atoms with Gasteiger partial charge < -0.3 is 19.9 Å². The first-order valence-electron chi connectivity index (χ1n) is 10.2. The summed E-state index contributed by atoms with van der Waals surface area (Å²) < 4.78 is 44.5. The predicted octanol–water partition coefficient (Wildman–Crippen LogP) is 2.91. The van der Waals surface area contributed by atoms with Crippen LogP contribution in [0.25, 0.3) is 11.3 Å². The standard InChI is InChI=1S/C21H23F3N4O3/c22-21(23,24)11-26-19(29)13-1-4-15(5-2-13)27-20(30)14-3-6-18-16(9-14)17-10-25-12-28(17)7-8-31-18/h3,6,9-10,12-13,15H,1-2,4-5,7-8,11H2,(H,26,29)(H,27,30). The summed E-state index contributed by atoms with van der Waals surface area (Å²) in [5.41, 5.74) is 2.17. The highest BCUT2D eigenvalue weighted by atomic mass is 19.4. The topological polar surface area (TPSA) is 85.3 Å². The molecule has 7 nitrogen and oxygen atoms in total. The van der Waals surface area contributed by atoms with Crippen LogP contribution in [0.4, 0.5) is 13.2 Å². The number of hydrogen-bond donors (Lipinski definition) is 2. The predicted molar refractivity (Wildman–Crippen MR) is 105 cm³/mol. The molecule has 2 aliphatic rings. The number of carbonyl (C=O) groups excluding carboxylic acids is 2. The Morgan fingerprint density at radius 3 is 2.71 bits per heavy atom. The van der Waals surface area contributed by atoms with Gasteiger partial charge in [-0.25, -0.2) is 4.98 Å². The summed E-state index contributed by atoms with van der Waals surface area (Å²) in [4.78, 5) is 28.9. The minimum Gasteiger partial charge on any atom is -0.491 e. The molecule has 0 spiro atoms. The summed E-state index contributed by atoms with van der Waals surface area (Å²) in [6.07, 6.45) is 0.993. The van der Waals surface area contributed by atoms with E-state index < -0.39 is 24.5 Å². The van der Waals surface area contributed by atoms with E-state index in [4.69, 9.17) is 4.74 Å². The second-order valence-corrected chi connectivity index (χ2v) is 7.89. The fourth-order valence-corrected chi connectivity index (χ4v) is 4.07. The van der Waals surface area contributed by atoms with Crippen molar-refractivity contribution >= 4 is 11.8 Å². The van der Waals surface area contributed by atoms with Crippen molar-refractivity contribution in [3.05, 3.63) is 36.3 Å². The number of aromatic nitrogens is 2. The van der Waals surface area contributed by atoms with Crippen molar-refractivity contribution in [2.75, 3.05) is 13.2 Å². The van der Waals surface area contributed by atoms with E-state index in [2.05, 4.69) is 10.3 Å². The molecule has 2 heterocycles. The molecule has 1 saturated carbocycles. The van der Waals surface area contributed by atoms with Crippen LogP contribution in [0.2, 0.25) is 0 Å². The lowest BCUT2D eigenvalue weighted by Crippen LogP contribution is -2.42. The summed E-state index contributed by atoms with van der Waals surface area (Å²) in [5, 5.41) is 4.92. The summed E-state index contributed by atoms with van der Waals surface area (Å²) in [6.45, 7) is -0.129. The lowest BCUT2D eigenvalue weighted by molar-refractivity contribution is -0.141. The van der Waals surface area contributed by atoms with E-state index in [-0.39, 0.29) is 11.9 Å². The van der Waals surface area contributed by atoms with Crippen LogP contribution in [0, 0.1) is 5.92 Å². The van der Waals surface area contributed by atoms with Gasteiger partial charge in [0.05, 0.1) is 24.8 Å². The molecule has 0 saturated heterocycles. The van der Waals surface area contributed by atoms with Crippen LogP contribution >= 0.6 is 0 Å². The zero-order chi connectivity index (χ0) is 22.0. The van der Waals surface area contributed by atoms with Gasteiger partial charge in [0.2, 0.25) is 5.91 Å². The van der Waals surface area contributed by atoms with Gasteiger partial charge in [0, 0.05) is 23.1 Å². The number of imidazole rings is 1. The monoisotopic (exact) mass is 436 g/mol. The van der Waals surface area contributed by atoms with Crippen LogP contribution in [0.15, 0.2) is 30.7 Å². The Hall–Kier alpha value is -3.04. The number of benzene rings is 1. The molecule has 2 aromatic rings. The van der Waals surface area contributed by atoms with Crippen LogP contribution in [-0.4, -0.2) is 46.7 Å². The van der Waals surface area contributed by atoms with E-state index in [9.17, 15) is 22.8 Å². The molecule has 1 fully saturated rings. The van der Waals surface area contributed by atoms with Crippen molar-refractivity contribution in [1.29, 1.82) is 0 Å². The molecule has 31 heavy (non-hydrogen) atoms. The van der Waals surface area contributed by atoms with Crippen molar-refractivity contribution in [1.82, 2.24) is 20.2 Å². The smallest absolute Gasteiger partial charge is 0.405 e. The highest BCUT2D eigenvalue weighted by Crippen LogP contribution is 2.33. The molecular formula is C21H23F3N4O3. The van der Waals surface area contributed by atoms with Gasteiger partial charge in [0.25, 0.3) is 5.91 Å². The van der Waals surface area contributed by atoms with Crippen LogP contribution in [0.3, 0.4) is 0 Å². The van der Waals surface area contributed by atoms with Gasteiger partial charge in [-0.2, -0.15) is 13.2 Å². The third kappa shape index (κ3) is 5.00. The second kappa shape index (κ2) is 8.60. The Kier molecular flexibility index (Phi) is 5.88. The van der Waals surface area contributed by atoms with E-state index in [0.29, 0.717) is 50.1 Å². The lowest BCUT2D eigenvalue weighted by Gasteiger charge is -2.28. The molecule has 2 N–H and O–H groups in total. The molecule has 1 aliphatic heterocycles. The molecule has 10 heteroatoms. The Morgan fingerprint density at radius 1 is 1.19 bits per heavy atom. The van der Waals surface area contributed by atoms with E-state index >= 15 is 0 Å². The number of halogens is 3. The molecule has 2 amide bonds. The molecule has 0 unspecified atom stereocenters. The minimum atomic E-state index is -4.42. The van der Waals surface area contributed by atoms with Gasteiger partial charge in [0.1, 0.15) is 18.9 Å². The van der Waals surface area contributed by atoms with Gasteiger partial charge in [-0.3, -0.25) is 9.59 Å². The van der Waals surface area contributed by atoms with Crippen molar-refractivity contribution in [3.63, 3.8) is 0 Å². The van der Waals surface area contributed by atoms with Gasteiger partial charge in [-0.05, 0) is 43.9 Å². The number of amides is 2. The van der Waals surface area contributed by atoms with Crippen LogP contribution in [0.1, 0.15) is 36.0 Å². The van der Waals surface area contributed by atoms with Crippen LogP contribution in [-0.2, 0) is 11.3 Å². The van der Waals surface area contributed by atoms with E-state index in [1.54, 1.807) is 30.7 Å². The molecule has 4 rings (SSSR count). The maximum absolute atomic E-state index is 12.8. The fourth-order valence-electron chi connectivity index (χ4n) is 4.07. The molecule has 1 aromatic carbocycles. The third-order valence-electron chi connectivity index (χ3n) is 5.72. The molecular weight excluding hydrogens is 413 g/mol. The number of hydrogen-bond acceptors (Lipinski definition) is 4. The van der Waals surface area contributed by atoms with Crippen molar-refractivity contribution in [2.45, 2.75) is 44.4 Å². The number of nitrogens with one attached hydrogen (secondary N) is 2. The zero-order valence-corrected chi connectivity index (χ0v) is 16.7. The number of alkyl halides is 3. The molecule has 0 radical (unpaired) electrons. The minimum absolute atomic E-state index is 0.125. The van der Waals surface area contributed by atoms with Crippen LogP contribution < -0.4 is 15.4 Å². The summed E-state index contributed by atoms with van der Waals surface area (Å²) in [5.74, 6) is -0.575. The number of carbonyl (C=O) groups is 2. The third-order valence-corrected chi connectivity index (χ3v) is 5.72. The summed E-state index contributed by atoms with van der Waals surface area (Å²) >= 11 is 0. The molecule has 166 valence electrons. The quantitative estimate of drug-likeness (QED) is 0.772. The molecule has 0 atom stereocenters. The number of fused-ring (bicyclic) bond motifs is 3. The van der Waals surface area contributed by atoms with Gasteiger partial charge in [-0.1, -0.05) is 0 Å². The van der Waals surface area contributed by atoms with Gasteiger partial charge in [0.15, 0.2) is 0 Å². The summed E-state index contributed by atoms with van der Waals surface area (Å²) in [6, 6.07) is 5.13. The van der Waals surface area contributed by atoms with E-state index in [1.807, 2.05) is 9.88 Å². The fraction of sp³-hybridized carbons (Fsp3) is 0.476. The molecule has 1 aliphatic carbocycles. The van der Waals surface area contributed by atoms with Crippen molar-refractivity contribution in [2.24, 2.45) is 5.92 Å². The van der Waals surface area contributed by atoms with Crippen molar-refractivity contribution in [3.8, 4) is 17.0 Å². The Balaban J connectivity index is 1.35. The van der Waals surface area contributed by atoms with E-state index in [0.717, 1.165) is 11.3 Å². The first-order valence-corrected chi connectivity index (χ1v) is 10.2. The maximum atomic E-state index is 12.8. The van der Waals surface area contributed by atoms with Crippen molar-refractivity contribution < 1.29 is 27.5 Å². The SMILES string of the molecule is O=C(NC1CCC(C(=O)NCC(F)(F)F)CC1)c1ccc2c(c1)-c1cncn1CCO2. The van der Waals surface area contributed by atoms with E-state index in [1.165, 1.54) is 0 Å². The van der Waals surface area contributed by atoms with Crippen LogP contribution in [0.5, 0.6) is 5.75 Å². The normalized spacial score (nSPS) is 20.6. The second-order valence-electron chi connectivity index (χ2n) is 7.89. The highest BCUT2D eigenvalue weighted by Gasteiger charge is 2.32. The average Bonchev–Trinajstić information content (AvgIpc) is 3.13. The van der Waals surface area contributed by atoms with Gasteiger partial charge in [-0.15, -0.1) is 0 Å². The Bertz CT molecular complexity index is 965. The Morgan fingerprint density at radius 2 is 1.97 bits per heavy atom. The highest BCUT2D eigenvalue weighted by molar-refractivity contribution is 5.96. The lowest BCUT2D eigenvalue weighted by atomic mass is 9.85. The zero-order valence-electron chi connectivity index (χ0n) is 16.7. The maximum Gasteiger partial charge on any atom is 0.405 e. The number of nitrogens with zero attached hydrogens (tertiary/aromatic N) is 2. The largest absolute Gasteiger partial charge is 0.491 e. The molecule has 1 aromatic heterocycles. The summed E-state index contributed by atoms with van der Waals surface area (Å²) in [7, 11) is 0. The number of rotatable bonds is 4. The van der Waals surface area contributed by atoms with Gasteiger partial charge >= 0.3 is 6.18 Å². The first-order chi connectivity index (χ1) is 14.8.